The molecule has 0 aromatic heterocycles. The predicted molar refractivity (Wildman–Crippen MR) is 71.6 cm³/mol. The Balaban J connectivity index is 1.61. The number of rotatable bonds is 3. The molecule has 3 heteroatoms. The molecule has 1 spiro atoms. The highest BCUT2D eigenvalue weighted by atomic mass is 35.5. The van der Waals surface area contributed by atoms with Gasteiger partial charge in [0.15, 0.2) is 0 Å². The molecule has 0 aliphatic heterocycles. The van der Waals surface area contributed by atoms with E-state index >= 15 is 0 Å². The summed E-state index contributed by atoms with van der Waals surface area (Å²) in [6.45, 7) is 0.597. The Kier molecular flexibility index (Phi) is 3.35. The first-order valence-corrected chi connectivity index (χ1v) is 7.13. The largest absolute Gasteiger partial charge is 0.392 e. The molecule has 0 radical (unpaired) electrons. The molecule has 0 saturated heterocycles. The summed E-state index contributed by atoms with van der Waals surface area (Å²) in [5, 5.41) is 10.8. The molecule has 2 atom stereocenters. The first-order valence-electron chi connectivity index (χ1n) is 6.75. The standard InChI is InChI=1S/C15H19ClO2/c16-12-5-3-4-11(8-12)10-18-14-9-13(17)15(14)6-1-2-7-15/h3-5,8,13-14,17H,1-2,6-7,9-10H2. The van der Waals surface area contributed by atoms with Crippen LogP contribution in [-0.2, 0) is 11.3 Å². The normalized spacial score (nSPS) is 29.4. The van der Waals surface area contributed by atoms with E-state index in [0.717, 1.165) is 29.8 Å². The van der Waals surface area contributed by atoms with Gasteiger partial charge in [-0.25, -0.2) is 0 Å². The van der Waals surface area contributed by atoms with Gasteiger partial charge in [0.25, 0.3) is 0 Å². The van der Waals surface area contributed by atoms with Gasteiger partial charge in [-0.3, -0.25) is 0 Å². The summed E-state index contributed by atoms with van der Waals surface area (Å²) in [6.07, 6.45) is 5.57. The van der Waals surface area contributed by atoms with Gasteiger partial charge < -0.3 is 9.84 Å². The molecule has 1 aromatic carbocycles. The summed E-state index contributed by atoms with van der Waals surface area (Å²) < 4.78 is 6.01. The zero-order valence-electron chi connectivity index (χ0n) is 10.4. The summed E-state index contributed by atoms with van der Waals surface area (Å²) in [4.78, 5) is 0. The van der Waals surface area contributed by atoms with Gasteiger partial charge in [-0.1, -0.05) is 36.6 Å². The highest BCUT2D eigenvalue weighted by Gasteiger charge is 2.56. The van der Waals surface area contributed by atoms with Crippen LogP contribution in [0.25, 0.3) is 0 Å². The average molecular weight is 267 g/mol. The van der Waals surface area contributed by atoms with Gasteiger partial charge in [0.1, 0.15) is 0 Å². The van der Waals surface area contributed by atoms with E-state index in [1.54, 1.807) is 0 Å². The number of aliphatic hydroxyl groups is 1. The molecule has 2 saturated carbocycles. The lowest BCUT2D eigenvalue weighted by Crippen LogP contribution is -2.56. The molecule has 3 rings (SSSR count). The monoisotopic (exact) mass is 266 g/mol. The van der Waals surface area contributed by atoms with Crippen molar-refractivity contribution in [2.45, 2.75) is 50.9 Å². The molecular weight excluding hydrogens is 248 g/mol. The maximum absolute atomic E-state index is 10.0. The van der Waals surface area contributed by atoms with Gasteiger partial charge in [-0.2, -0.15) is 0 Å². The molecule has 98 valence electrons. The lowest BCUT2D eigenvalue weighted by molar-refractivity contribution is -0.194. The van der Waals surface area contributed by atoms with E-state index in [9.17, 15) is 5.11 Å². The molecular formula is C15H19ClO2. The van der Waals surface area contributed by atoms with Crippen LogP contribution < -0.4 is 0 Å². The second-order valence-electron chi connectivity index (χ2n) is 5.62. The summed E-state index contributed by atoms with van der Waals surface area (Å²) in [6, 6.07) is 7.79. The zero-order valence-corrected chi connectivity index (χ0v) is 11.2. The van der Waals surface area contributed by atoms with Gasteiger partial charge >= 0.3 is 0 Å². The van der Waals surface area contributed by atoms with Gasteiger partial charge in [0, 0.05) is 16.9 Å². The summed E-state index contributed by atoms with van der Waals surface area (Å²) in [5.41, 5.74) is 1.18. The number of ether oxygens (including phenoxy) is 1. The van der Waals surface area contributed by atoms with Crippen molar-refractivity contribution < 1.29 is 9.84 Å². The van der Waals surface area contributed by atoms with Crippen molar-refractivity contribution in [2.24, 2.45) is 5.41 Å². The van der Waals surface area contributed by atoms with Crippen LogP contribution in [0.5, 0.6) is 0 Å². The van der Waals surface area contributed by atoms with Crippen molar-refractivity contribution in [1.82, 2.24) is 0 Å². The molecule has 0 amide bonds. The topological polar surface area (TPSA) is 29.5 Å². The Bertz CT molecular complexity index is 426. The van der Waals surface area contributed by atoms with Crippen molar-refractivity contribution in [3.05, 3.63) is 34.9 Å². The SMILES string of the molecule is OC1CC(OCc2cccc(Cl)c2)C12CCCC2. The molecule has 0 bridgehead atoms. The Morgan fingerprint density at radius 2 is 2.11 bits per heavy atom. The number of hydrogen-bond donors (Lipinski definition) is 1. The molecule has 2 nitrogen and oxygen atoms in total. The van der Waals surface area contributed by atoms with Gasteiger partial charge in [0.05, 0.1) is 18.8 Å². The summed E-state index contributed by atoms with van der Waals surface area (Å²) in [5.74, 6) is 0. The van der Waals surface area contributed by atoms with Gasteiger partial charge in [-0.05, 0) is 30.5 Å². The van der Waals surface area contributed by atoms with E-state index in [2.05, 4.69) is 0 Å². The van der Waals surface area contributed by atoms with Crippen LogP contribution in [0.2, 0.25) is 5.02 Å². The molecule has 18 heavy (non-hydrogen) atoms. The quantitative estimate of drug-likeness (QED) is 0.907. The van der Waals surface area contributed by atoms with E-state index in [0.29, 0.717) is 6.61 Å². The third-order valence-corrected chi connectivity index (χ3v) is 4.85. The Labute approximate surface area is 113 Å². The third-order valence-electron chi connectivity index (χ3n) is 4.62. The molecule has 0 heterocycles. The number of benzene rings is 1. The first kappa shape index (κ1) is 12.5. The maximum atomic E-state index is 10.0. The average Bonchev–Trinajstić information content (AvgIpc) is 2.86. The van der Waals surface area contributed by atoms with Crippen LogP contribution >= 0.6 is 11.6 Å². The first-order chi connectivity index (χ1) is 8.71. The minimum atomic E-state index is -0.149. The molecule has 1 N–H and O–H groups in total. The fraction of sp³-hybridized carbons (Fsp3) is 0.600. The fourth-order valence-electron chi connectivity index (χ4n) is 3.47. The number of halogens is 1. The van der Waals surface area contributed by atoms with E-state index in [1.807, 2.05) is 24.3 Å². The molecule has 2 unspecified atom stereocenters. The minimum Gasteiger partial charge on any atom is -0.392 e. The van der Waals surface area contributed by atoms with Crippen LogP contribution in [0.4, 0.5) is 0 Å². The Hall–Kier alpha value is -0.570. The van der Waals surface area contributed by atoms with Gasteiger partial charge in [-0.15, -0.1) is 0 Å². The fourth-order valence-corrected chi connectivity index (χ4v) is 3.69. The van der Waals surface area contributed by atoms with E-state index in [4.69, 9.17) is 16.3 Å². The van der Waals surface area contributed by atoms with Crippen LogP contribution in [0.3, 0.4) is 0 Å². The van der Waals surface area contributed by atoms with E-state index < -0.39 is 0 Å². The van der Waals surface area contributed by atoms with Crippen LogP contribution in [0.15, 0.2) is 24.3 Å². The molecule has 1 aromatic rings. The number of aliphatic hydroxyl groups excluding tert-OH is 1. The van der Waals surface area contributed by atoms with E-state index in [-0.39, 0.29) is 17.6 Å². The van der Waals surface area contributed by atoms with Gasteiger partial charge in [0.2, 0.25) is 0 Å². The van der Waals surface area contributed by atoms with E-state index in [1.165, 1.54) is 12.8 Å². The summed E-state index contributed by atoms with van der Waals surface area (Å²) >= 11 is 5.96. The van der Waals surface area contributed by atoms with Crippen LogP contribution in [-0.4, -0.2) is 17.3 Å². The second-order valence-corrected chi connectivity index (χ2v) is 6.06. The van der Waals surface area contributed by atoms with Crippen molar-refractivity contribution in [3.63, 3.8) is 0 Å². The second kappa shape index (κ2) is 4.84. The van der Waals surface area contributed by atoms with Crippen LogP contribution in [0.1, 0.15) is 37.7 Å². The van der Waals surface area contributed by atoms with Crippen molar-refractivity contribution in [3.8, 4) is 0 Å². The molecule has 2 aliphatic carbocycles. The summed E-state index contributed by atoms with van der Waals surface area (Å²) in [7, 11) is 0. The zero-order chi connectivity index (χ0) is 12.6. The maximum Gasteiger partial charge on any atom is 0.0721 e. The minimum absolute atomic E-state index is 0.0680. The van der Waals surface area contributed by atoms with Crippen molar-refractivity contribution in [2.75, 3.05) is 0 Å². The highest BCUT2D eigenvalue weighted by Crippen LogP contribution is 2.54. The Morgan fingerprint density at radius 3 is 2.78 bits per heavy atom. The lowest BCUT2D eigenvalue weighted by Gasteiger charge is -2.51. The lowest BCUT2D eigenvalue weighted by atomic mass is 9.62. The predicted octanol–water partition coefficient (Wildman–Crippen LogP) is 3.55. The highest BCUT2D eigenvalue weighted by molar-refractivity contribution is 6.30. The van der Waals surface area contributed by atoms with Crippen molar-refractivity contribution >= 4 is 11.6 Å². The van der Waals surface area contributed by atoms with Crippen molar-refractivity contribution in [1.29, 1.82) is 0 Å². The smallest absolute Gasteiger partial charge is 0.0721 e. The van der Waals surface area contributed by atoms with Crippen LogP contribution in [0, 0.1) is 5.41 Å². The molecule has 2 aliphatic rings. The third kappa shape index (κ3) is 2.07. The number of hydrogen-bond acceptors (Lipinski definition) is 2. The Morgan fingerprint density at radius 1 is 1.33 bits per heavy atom. The molecule has 2 fully saturated rings.